The van der Waals surface area contributed by atoms with Crippen LogP contribution in [0.1, 0.15) is 24.8 Å². The first-order valence-corrected chi connectivity index (χ1v) is 7.67. The lowest BCUT2D eigenvalue weighted by Gasteiger charge is -2.23. The third-order valence-electron chi connectivity index (χ3n) is 3.33. The Bertz CT molecular complexity index is 628. The third kappa shape index (κ3) is 5.37. The first-order valence-electron chi connectivity index (χ1n) is 7.26. The summed E-state index contributed by atoms with van der Waals surface area (Å²) < 4.78 is 5.32. The van der Waals surface area contributed by atoms with Crippen molar-refractivity contribution in [2.45, 2.75) is 25.9 Å². The highest BCUT2D eigenvalue weighted by atomic mass is 32.1. The summed E-state index contributed by atoms with van der Waals surface area (Å²) in [5.74, 6) is -1.29. The molecule has 122 valence electrons. The fraction of sp³-hybridized carbons (Fsp3) is 0.312. The van der Waals surface area contributed by atoms with E-state index in [1.807, 2.05) is 30.3 Å². The number of carboxylic acid groups (broad SMARTS) is 1. The van der Waals surface area contributed by atoms with Gasteiger partial charge in [0.2, 0.25) is 0 Å². The molecule has 7 heteroatoms. The van der Waals surface area contributed by atoms with Crippen molar-refractivity contribution in [1.29, 1.82) is 0 Å². The number of ether oxygens (including phenoxy) is 1. The van der Waals surface area contributed by atoms with E-state index >= 15 is 0 Å². The summed E-state index contributed by atoms with van der Waals surface area (Å²) in [5, 5.41) is 15.0. The van der Waals surface area contributed by atoms with Crippen molar-refractivity contribution in [3.05, 3.63) is 47.2 Å². The Morgan fingerprint density at radius 1 is 1.26 bits per heavy atom. The minimum atomic E-state index is -0.865. The van der Waals surface area contributed by atoms with Crippen molar-refractivity contribution in [1.82, 2.24) is 10.6 Å². The average Bonchev–Trinajstić information content (AvgIpc) is 2.53. The molecule has 0 aromatic heterocycles. The molecule has 0 unspecified atom stereocenters. The van der Waals surface area contributed by atoms with Gasteiger partial charge in [-0.05, 0) is 30.6 Å². The normalized spacial score (nSPS) is 14.0. The van der Waals surface area contributed by atoms with E-state index in [1.165, 1.54) is 0 Å². The van der Waals surface area contributed by atoms with E-state index in [2.05, 4.69) is 10.6 Å². The number of hydrogen-bond donors (Lipinski definition) is 3. The van der Waals surface area contributed by atoms with E-state index in [1.54, 1.807) is 0 Å². The SMILES string of the molecule is O=C(O)CCCC1=C(C(=O)OCc2ccccc2)CNC(=S)N1. The van der Waals surface area contributed by atoms with Gasteiger partial charge in [0.15, 0.2) is 5.11 Å². The highest BCUT2D eigenvalue weighted by Crippen LogP contribution is 2.15. The maximum atomic E-state index is 12.3. The van der Waals surface area contributed by atoms with E-state index in [-0.39, 0.29) is 19.6 Å². The molecule has 1 aromatic carbocycles. The van der Waals surface area contributed by atoms with E-state index in [0.29, 0.717) is 29.2 Å². The second-order valence-corrected chi connectivity index (χ2v) is 5.48. The van der Waals surface area contributed by atoms with Crippen LogP contribution in [-0.4, -0.2) is 28.7 Å². The molecule has 1 heterocycles. The molecule has 0 bridgehead atoms. The molecule has 0 saturated carbocycles. The van der Waals surface area contributed by atoms with Crippen molar-refractivity contribution < 1.29 is 19.4 Å². The summed E-state index contributed by atoms with van der Waals surface area (Å²) in [6, 6.07) is 9.40. The van der Waals surface area contributed by atoms with Crippen LogP contribution >= 0.6 is 12.2 Å². The molecule has 23 heavy (non-hydrogen) atoms. The number of carboxylic acids is 1. The molecule has 2 rings (SSSR count). The molecule has 1 aromatic rings. The van der Waals surface area contributed by atoms with Crippen LogP contribution in [-0.2, 0) is 20.9 Å². The zero-order valence-corrected chi connectivity index (χ0v) is 13.3. The Kier molecular flexibility index (Phi) is 6.10. The lowest BCUT2D eigenvalue weighted by Crippen LogP contribution is -2.43. The summed E-state index contributed by atoms with van der Waals surface area (Å²) in [6.07, 6.45) is 0.900. The van der Waals surface area contributed by atoms with Crippen LogP contribution in [0.4, 0.5) is 0 Å². The molecule has 0 fully saturated rings. The van der Waals surface area contributed by atoms with Gasteiger partial charge in [-0.15, -0.1) is 0 Å². The number of thiocarbonyl (C=S) groups is 1. The van der Waals surface area contributed by atoms with Crippen LogP contribution in [0.5, 0.6) is 0 Å². The number of benzene rings is 1. The quantitative estimate of drug-likeness (QED) is 0.517. The van der Waals surface area contributed by atoms with Crippen LogP contribution < -0.4 is 10.6 Å². The summed E-state index contributed by atoms with van der Waals surface area (Å²) in [4.78, 5) is 22.9. The third-order valence-corrected chi connectivity index (χ3v) is 3.58. The molecule has 0 radical (unpaired) electrons. The van der Waals surface area contributed by atoms with Gasteiger partial charge in [-0.3, -0.25) is 4.79 Å². The van der Waals surface area contributed by atoms with Crippen LogP contribution in [0.2, 0.25) is 0 Å². The van der Waals surface area contributed by atoms with Gasteiger partial charge in [0.05, 0.1) is 12.1 Å². The summed E-state index contributed by atoms with van der Waals surface area (Å²) in [7, 11) is 0. The molecule has 1 aliphatic rings. The maximum Gasteiger partial charge on any atom is 0.337 e. The van der Waals surface area contributed by atoms with Crippen molar-refractivity contribution in [2.24, 2.45) is 0 Å². The molecule has 0 spiro atoms. The number of rotatable bonds is 7. The van der Waals surface area contributed by atoms with Crippen molar-refractivity contribution in [3.63, 3.8) is 0 Å². The Labute approximate surface area is 139 Å². The second-order valence-electron chi connectivity index (χ2n) is 5.07. The Balaban J connectivity index is 2.00. The second kappa shape index (κ2) is 8.28. The fourth-order valence-electron chi connectivity index (χ4n) is 2.17. The maximum absolute atomic E-state index is 12.3. The van der Waals surface area contributed by atoms with Gasteiger partial charge in [-0.2, -0.15) is 0 Å². The molecule has 0 amide bonds. The lowest BCUT2D eigenvalue weighted by atomic mass is 10.1. The van der Waals surface area contributed by atoms with Crippen LogP contribution in [0.3, 0.4) is 0 Å². The van der Waals surface area contributed by atoms with Crippen LogP contribution in [0.25, 0.3) is 0 Å². The summed E-state index contributed by atoms with van der Waals surface area (Å²) >= 11 is 5.04. The number of carbonyl (C=O) groups is 2. The van der Waals surface area contributed by atoms with Crippen molar-refractivity contribution in [2.75, 3.05) is 6.54 Å². The predicted octanol–water partition coefficient (Wildman–Crippen LogP) is 1.72. The average molecular weight is 334 g/mol. The van der Waals surface area contributed by atoms with Gasteiger partial charge in [-0.1, -0.05) is 30.3 Å². The topological polar surface area (TPSA) is 87.7 Å². The minimum Gasteiger partial charge on any atom is -0.481 e. The van der Waals surface area contributed by atoms with Gasteiger partial charge in [0.1, 0.15) is 6.61 Å². The summed E-state index contributed by atoms with van der Waals surface area (Å²) in [6.45, 7) is 0.470. The number of carbonyl (C=O) groups excluding carboxylic acids is 1. The van der Waals surface area contributed by atoms with Gasteiger partial charge in [0.25, 0.3) is 0 Å². The molecule has 0 aliphatic carbocycles. The number of aliphatic carboxylic acids is 1. The molecule has 1 aliphatic heterocycles. The molecule has 0 atom stereocenters. The smallest absolute Gasteiger partial charge is 0.337 e. The van der Waals surface area contributed by atoms with Crippen LogP contribution in [0.15, 0.2) is 41.6 Å². The van der Waals surface area contributed by atoms with Gasteiger partial charge in [0, 0.05) is 12.1 Å². The van der Waals surface area contributed by atoms with Crippen LogP contribution in [0, 0.1) is 0 Å². The van der Waals surface area contributed by atoms with Crippen molar-refractivity contribution in [3.8, 4) is 0 Å². The lowest BCUT2D eigenvalue weighted by molar-refractivity contribution is -0.140. The first-order chi connectivity index (χ1) is 11.1. The predicted molar refractivity (Wildman–Crippen MR) is 88.5 cm³/mol. The highest BCUT2D eigenvalue weighted by molar-refractivity contribution is 7.80. The number of hydrogen-bond acceptors (Lipinski definition) is 4. The number of nitrogens with one attached hydrogen (secondary N) is 2. The van der Waals surface area contributed by atoms with Crippen molar-refractivity contribution >= 4 is 29.3 Å². The highest BCUT2D eigenvalue weighted by Gasteiger charge is 2.22. The Morgan fingerprint density at radius 3 is 2.70 bits per heavy atom. The van der Waals surface area contributed by atoms with E-state index < -0.39 is 11.9 Å². The summed E-state index contributed by atoms with van der Waals surface area (Å²) in [5.41, 5.74) is 1.99. The fourth-order valence-corrected chi connectivity index (χ4v) is 2.36. The zero-order valence-electron chi connectivity index (χ0n) is 12.5. The zero-order chi connectivity index (χ0) is 16.7. The molecular formula is C16H18N2O4S. The molecule has 3 N–H and O–H groups in total. The molecular weight excluding hydrogens is 316 g/mol. The van der Waals surface area contributed by atoms with E-state index in [0.717, 1.165) is 5.56 Å². The monoisotopic (exact) mass is 334 g/mol. The van der Waals surface area contributed by atoms with Gasteiger partial charge >= 0.3 is 11.9 Å². The Hall–Kier alpha value is -2.41. The first kappa shape index (κ1) is 17.0. The largest absolute Gasteiger partial charge is 0.481 e. The minimum absolute atomic E-state index is 0.0394. The Morgan fingerprint density at radius 2 is 2.00 bits per heavy atom. The van der Waals surface area contributed by atoms with Gasteiger partial charge < -0.3 is 20.5 Å². The van der Waals surface area contributed by atoms with E-state index in [4.69, 9.17) is 22.1 Å². The standard InChI is InChI=1S/C16H18N2O4S/c19-14(20)8-4-7-13-12(9-17-16(23)18-13)15(21)22-10-11-5-2-1-3-6-11/h1-3,5-6H,4,7-10H2,(H,19,20)(H2,17,18,23). The molecule has 0 saturated heterocycles. The van der Waals surface area contributed by atoms with E-state index in [9.17, 15) is 9.59 Å². The number of allylic oxidation sites excluding steroid dienone is 1. The number of esters is 1. The molecule has 6 nitrogen and oxygen atoms in total. The van der Waals surface area contributed by atoms with Gasteiger partial charge in [-0.25, -0.2) is 4.79 Å².